The van der Waals surface area contributed by atoms with E-state index in [0.29, 0.717) is 45.3 Å². The fourth-order valence-electron chi connectivity index (χ4n) is 4.20. The molecule has 42 heavy (non-hydrogen) atoms. The molecule has 5 nitrogen and oxygen atoms in total. The zero-order chi connectivity index (χ0) is 31.0. The van der Waals surface area contributed by atoms with Crippen molar-refractivity contribution >= 4 is 17.5 Å². The number of pyridine rings is 2. The monoisotopic (exact) mass is 587 g/mol. The Morgan fingerprint density at radius 1 is 0.619 bits per heavy atom. The summed E-state index contributed by atoms with van der Waals surface area (Å²) in [6.45, 7) is 8.43. The molecule has 0 aliphatic carbocycles. The number of aromatic nitrogens is 2. The highest BCUT2D eigenvalue weighted by molar-refractivity contribution is 5.97. The first-order valence-electron chi connectivity index (χ1n) is 12.8. The largest absolute Gasteiger partial charge is 0.443 e. The average Bonchev–Trinajstić information content (AvgIpc) is 2.88. The van der Waals surface area contributed by atoms with E-state index in [1.165, 1.54) is 29.2 Å². The predicted octanol–water partition coefficient (Wildman–Crippen LogP) is 9.54. The summed E-state index contributed by atoms with van der Waals surface area (Å²) < 4.78 is 83.6. The minimum absolute atomic E-state index is 0.354. The van der Waals surface area contributed by atoms with Gasteiger partial charge in [0, 0.05) is 11.1 Å². The van der Waals surface area contributed by atoms with E-state index in [2.05, 4.69) is 9.97 Å². The third kappa shape index (κ3) is 6.89. The Balaban J connectivity index is 1.73. The minimum atomic E-state index is -4.46. The highest BCUT2D eigenvalue weighted by Gasteiger charge is 2.32. The maximum Gasteiger partial charge on any atom is 0.419 e. The van der Waals surface area contributed by atoms with E-state index < -0.39 is 35.2 Å². The van der Waals surface area contributed by atoms with Crippen LogP contribution in [0.3, 0.4) is 0 Å². The van der Waals surface area contributed by atoms with E-state index in [1.54, 1.807) is 58.9 Å². The number of hydrogen-bond acceptors (Lipinski definition) is 4. The van der Waals surface area contributed by atoms with Crippen LogP contribution in [0, 0.1) is 13.8 Å². The first kappa shape index (κ1) is 30.5. The lowest BCUT2D eigenvalue weighted by atomic mass is 10.1. The van der Waals surface area contributed by atoms with Gasteiger partial charge in [-0.05, 0) is 83.1 Å². The summed E-state index contributed by atoms with van der Waals surface area (Å²) in [7, 11) is 0. The van der Waals surface area contributed by atoms with Crippen molar-refractivity contribution in [3.8, 4) is 22.5 Å². The van der Waals surface area contributed by atoms with Crippen LogP contribution in [-0.4, -0.2) is 21.7 Å². The molecular formula is C31H27F6N3O2. The zero-order valence-electron chi connectivity index (χ0n) is 23.4. The van der Waals surface area contributed by atoms with Gasteiger partial charge in [-0.25, -0.2) is 9.69 Å². The fraction of sp³-hybridized carbons (Fsp3) is 0.258. The van der Waals surface area contributed by atoms with Crippen molar-refractivity contribution in [2.24, 2.45) is 0 Å². The predicted molar refractivity (Wildman–Crippen MR) is 147 cm³/mol. The molecule has 2 aromatic carbocycles. The molecule has 0 aliphatic rings. The van der Waals surface area contributed by atoms with Crippen molar-refractivity contribution in [3.05, 3.63) is 95.3 Å². The number of amides is 1. The summed E-state index contributed by atoms with van der Waals surface area (Å²) in [5, 5.41) is 0. The van der Waals surface area contributed by atoms with Crippen LogP contribution in [-0.2, 0) is 17.1 Å². The SMILES string of the molecule is Cc1nc(-c2ccc(C(F)(F)F)cc2)ccc1N(C(=O)OC(C)(C)C)c1ccc(-c2ccc(C(F)(F)F)cc2)nc1C. The van der Waals surface area contributed by atoms with Crippen LogP contribution < -0.4 is 4.90 Å². The van der Waals surface area contributed by atoms with Gasteiger partial charge < -0.3 is 4.74 Å². The van der Waals surface area contributed by atoms with Crippen LogP contribution >= 0.6 is 0 Å². The van der Waals surface area contributed by atoms with Crippen molar-refractivity contribution in [1.29, 1.82) is 0 Å². The quantitative estimate of drug-likeness (QED) is 0.223. The van der Waals surface area contributed by atoms with Gasteiger partial charge in [0.15, 0.2) is 0 Å². The highest BCUT2D eigenvalue weighted by atomic mass is 19.4. The molecule has 220 valence electrons. The van der Waals surface area contributed by atoms with Crippen LogP contribution in [0.15, 0.2) is 72.8 Å². The number of hydrogen-bond donors (Lipinski definition) is 0. The maximum atomic E-state index is 13.5. The van der Waals surface area contributed by atoms with Gasteiger partial charge in [0.1, 0.15) is 5.60 Å². The van der Waals surface area contributed by atoms with Crippen molar-refractivity contribution in [2.75, 3.05) is 4.90 Å². The molecule has 0 N–H and O–H groups in total. The Morgan fingerprint density at radius 3 is 1.26 bits per heavy atom. The number of aryl methyl sites for hydroxylation is 2. The summed E-state index contributed by atoms with van der Waals surface area (Å²) in [6, 6.07) is 15.6. The molecule has 4 aromatic rings. The molecule has 0 aliphatic heterocycles. The Hall–Kier alpha value is -4.41. The topological polar surface area (TPSA) is 55.3 Å². The van der Waals surface area contributed by atoms with Crippen molar-refractivity contribution in [2.45, 2.75) is 52.6 Å². The first-order valence-corrected chi connectivity index (χ1v) is 12.8. The molecular weight excluding hydrogens is 560 g/mol. The number of halogens is 6. The van der Waals surface area contributed by atoms with E-state index >= 15 is 0 Å². The average molecular weight is 588 g/mol. The number of rotatable bonds is 4. The number of alkyl halides is 6. The van der Waals surface area contributed by atoms with Crippen LogP contribution in [0.25, 0.3) is 22.5 Å². The molecule has 0 saturated carbocycles. The van der Waals surface area contributed by atoms with Gasteiger partial charge in [0.25, 0.3) is 0 Å². The van der Waals surface area contributed by atoms with Crippen molar-refractivity contribution in [1.82, 2.24) is 9.97 Å². The molecule has 0 spiro atoms. The van der Waals surface area contributed by atoms with Gasteiger partial charge >= 0.3 is 18.4 Å². The summed E-state index contributed by atoms with van der Waals surface area (Å²) in [6.07, 6.45) is -9.65. The molecule has 0 fully saturated rings. The van der Waals surface area contributed by atoms with Gasteiger partial charge in [0.2, 0.25) is 0 Å². The standard InChI is InChI=1S/C31H27F6N3O2/c1-18-26(16-14-24(38-18)20-6-10-22(11-7-20)30(32,33)34)40(28(41)42-29(3,4)5)27-17-15-25(39-19(27)2)21-8-12-23(13-9-21)31(35,36)37/h6-17H,1-5H3. The summed E-state index contributed by atoms with van der Waals surface area (Å²) in [5.41, 5.74) is 0.812. The summed E-state index contributed by atoms with van der Waals surface area (Å²) in [5.74, 6) is 0. The minimum Gasteiger partial charge on any atom is -0.443 e. The second-order valence-electron chi connectivity index (χ2n) is 10.6. The summed E-state index contributed by atoms with van der Waals surface area (Å²) >= 11 is 0. The molecule has 2 heterocycles. The molecule has 0 unspecified atom stereocenters. The number of nitrogens with zero attached hydrogens (tertiary/aromatic N) is 3. The Labute approximate surface area is 238 Å². The normalized spacial score (nSPS) is 12.3. The van der Waals surface area contributed by atoms with Crippen molar-refractivity contribution < 1.29 is 35.9 Å². The number of carbonyl (C=O) groups is 1. The van der Waals surface area contributed by atoms with Gasteiger partial charge in [0.05, 0.1) is 45.3 Å². The maximum absolute atomic E-state index is 13.5. The van der Waals surface area contributed by atoms with Gasteiger partial charge in [-0.15, -0.1) is 0 Å². The lowest BCUT2D eigenvalue weighted by molar-refractivity contribution is -0.138. The van der Waals surface area contributed by atoms with Crippen LogP contribution in [0.5, 0.6) is 0 Å². The van der Waals surface area contributed by atoms with E-state index in [1.807, 2.05) is 0 Å². The number of ether oxygens (including phenoxy) is 1. The van der Waals surface area contributed by atoms with Gasteiger partial charge in [-0.1, -0.05) is 24.3 Å². The smallest absolute Gasteiger partial charge is 0.419 e. The fourth-order valence-corrected chi connectivity index (χ4v) is 4.20. The number of benzene rings is 2. The van der Waals surface area contributed by atoms with E-state index in [0.717, 1.165) is 24.3 Å². The number of carbonyl (C=O) groups excluding carboxylic acids is 1. The van der Waals surface area contributed by atoms with Crippen LogP contribution in [0.2, 0.25) is 0 Å². The molecule has 2 aromatic heterocycles. The van der Waals surface area contributed by atoms with Gasteiger partial charge in [-0.3, -0.25) is 9.97 Å². The Bertz CT molecular complexity index is 1480. The molecule has 1 amide bonds. The van der Waals surface area contributed by atoms with E-state index in [-0.39, 0.29) is 0 Å². The molecule has 0 saturated heterocycles. The molecule has 4 rings (SSSR count). The Morgan fingerprint density at radius 2 is 0.976 bits per heavy atom. The first-order chi connectivity index (χ1) is 19.4. The lowest BCUT2D eigenvalue weighted by Gasteiger charge is -2.29. The molecule has 0 bridgehead atoms. The summed E-state index contributed by atoms with van der Waals surface area (Å²) in [4.78, 5) is 23.8. The third-order valence-electron chi connectivity index (χ3n) is 6.19. The van der Waals surface area contributed by atoms with Crippen LogP contribution in [0.4, 0.5) is 42.5 Å². The second-order valence-corrected chi connectivity index (χ2v) is 10.6. The molecule has 11 heteroatoms. The lowest BCUT2D eigenvalue weighted by Crippen LogP contribution is -2.34. The van der Waals surface area contributed by atoms with E-state index in [9.17, 15) is 31.1 Å². The van der Waals surface area contributed by atoms with Crippen molar-refractivity contribution in [3.63, 3.8) is 0 Å². The third-order valence-corrected chi connectivity index (χ3v) is 6.19. The highest BCUT2D eigenvalue weighted by Crippen LogP contribution is 2.36. The second kappa shape index (κ2) is 11.1. The van der Waals surface area contributed by atoms with E-state index in [4.69, 9.17) is 4.74 Å². The van der Waals surface area contributed by atoms with Gasteiger partial charge in [-0.2, -0.15) is 26.3 Å². The molecule has 0 radical (unpaired) electrons. The molecule has 0 atom stereocenters. The van der Waals surface area contributed by atoms with Crippen LogP contribution in [0.1, 0.15) is 43.3 Å². The zero-order valence-corrected chi connectivity index (χ0v) is 23.4. The number of anilines is 2. The Kier molecular flexibility index (Phi) is 8.08.